The second-order valence-electron chi connectivity index (χ2n) is 3.49. The quantitative estimate of drug-likeness (QED) is 0.560. The summed E-state index contributed by atoms with van der Waals surface area (Å²) in [6.45, 7) is 3.42. The number of carbonyl (C=O) groups is 2. The molecule has 0 atom stereocenters. The summed E-state index contributed by atoms with van der Waals surface area (Å²) >= 11 is 0. The molecule has 0 unspecified atom stereocenters. The Kier molecular flexibility index (Phi) is 4.03. The number of rotatable bonds is 4. The molecule has 0 saturated heterocycles. The van der Waals surface area contributed by atoms with Crippen LogP contribution < -0.4 is 4.74 Å². The van der Waals surface area contributed by atoms with E-state index in [0.29, 0.717) is 5.75 Å². The Bertz CT molecular complexity index is 352. The monoisotopic (exact) mass is 206 g/mol. The number of hydrogen-bond acceptors (Lipinski definition) is 3. The molecule has 0 spiro atoms. The SMILES string of the molecule is CC(=O)CCC(=O)Oc1ccc(C)cc1. The maximum atomic E-state index is 11.2. The van der Waals surface area contributed by atoms with Crippen molar-refractivity contribution in [2.75, 3.05) is 0 Å². The van der Waals surface area contributed by atoms with Gasteiger partial charge in [-0.15, -0.1) is 0 Å². The third kappa shape index (κ3) is 4.40. The van der Waals surface area contributed by atoms with Crippen molar-refractivity contribution >= 4 is 11.8 Å². The third-order valence-electron chi connectivity index (χ3n) is 1.93. The van der Waals surface area contributed by atoms with E-state index in [4.69, 9.17) is 4.74 Å². The second-order valence-corrected chi connectivity index (χ2v) is 3.49. The predicted molar refractivity (Wildman–Crippen MR) is 56.7 cm³/mol. The number of hydrogen-bond donors (Lipinski definition) is 0. The lowest BCUT2D eigenvalue weighted by Gasteiger charge is -2.03. The fourth-order valence-electron chi connectivity index (χ4n) is 1.07. The number of Topliss-reactive ketones (excluding diaryl/α,β-unsaturated/α-hetero) is 1. The van der Waals surface area contributed by atoms with Gasteiger partial charge in [-0.1, -0.05) is 17.7 Å². The van der Waals surface area contributed by atoms with Gasteiger partial charge in [0.2, 0.25) is 0 Å². The van der Waals surface area contributed by atoms with Crippen molar-refractivity contribution in [3.63, 3.8) is 0 Å². The van der Waals surface area contributed by atoms with Crippen molar-refractivity contribution in [3.8, 4) is 5.75 Å². The molecule has 3 heteroatoms. The molecule has 80 valence electrons. The van der Waals surface area contributed by atoms with Gasteiger partial charge in [-0.3, -0.25) is 4.79 Å². The van der Waals surface area contributed by atoms with E-state index in [9.17, 15) is 9.59 Å². The van der Waals surface area contributed by atoms with E-state index in [1.165, 1.54) is 6.92 Å². The fraction of sp³-hybridized carbons (Fsp3) is 0.333. The minimum Gasteiger partial charge on any atom is -0.427 e. The number of ketones is 1. The lowest BCUT2D eigenvalue weighted by Crippen LogP contribution is -2.09. The van der Waals surface area contributed by atoms with E-state index in [1.54, 1.807) is 12.1 Å². The molecular formula is C12H14O3. The summed E-state index contributed by atoms with van der Waals surface area (Å²) in [5.74, 6) is 0.152. The highest BCUT2D eigenvalue weighted by molar-refractivity contribution is 5.81. The molecule has 1 aromatic rings. The van der Waals surface area contributed by atoms with Gasteiger partial charge in [0.05, 0.1) is 6.42 Å². The summed E-state index contributed by atoms with van der Waals surface area (Å²) in [6, 6.07) is 7.21. The van der Waals surface area contributed by atoms with Crippen molar-refractivity contribution in [1.82, 2.24) is 0 Å². The number of carbonyl (C=O) groups excluding carboxylic acids is 2. The Balaban J connectivity index is 2.44. The Morgan fingerprint density at radius 3 is 2.27 bits per heavy atom. The van der Waals surface area contributed by atoms with Crippen LogP contribution in [0.1, 0.15) is 25.3 Å². The van der Waals surface area contributed by atoms with Crippen LogP contribution in [-0.2, 0) is 9.59 Å². The van der Waals surface area contributed by atoms with Crippen molar-refractivity contribution in [1.29, 1.82) is 0 Å². The van der Waals surface area contributed by atoms with Crippen LogP contribution in [0.4, 0.5) is 0 Å². The van der Waals surface area contributed by atoms with Gasteiger partial charge in [-0.25, -0.2) is 0 Å². The van der Waals surface area contributed by atoms with Crippen LogP contribution in [0.5, 0.6) is 5.75 Å². The molecule has 0 aliphatic carbocycles. The van der Waals surface area contributed by atoms with E-state index in [-0.39, 0.29) is 24.6 Å². The molecule has 0 aromatic heterocycles. The average Bonchev–Trinajstić information content (AvgIpc) is 2.19. The Morgan fingerprint density at radius 2 is 1.73 bits per heavy atom. The Hall–Kier alpha value is -1.64. The molecule has 15 heavy (non-hydrogen) atoms. The zero-order valence-electron chi connectivity index (χ0n) is 8.95. The molecule has 0 N–H and O–H groups in total. The molecule has 1 rings (SSSR count). The molecule has 0 aliphatic rings. The molecule has 1 aromatic carbocycles. The van der Waals surface area contributed by atoms with Gasteiger partial charge in [0, 0.05) is 6.42 Å². The molecule has 0 bridgehead atoms. The minimum absolute atomic E-state index is 0.00384. The highest BCUT2D eigenvalue weighted by Crippen LogP contribution is 2.12. The second kappa shape index (κ2) is 5.29. The first-order chi connectivity index (χ1) is 7.08. The van der Waals surface area contributed by atoms with Crippen LogP contribution in [0.25, 0.3) is 0 Å². The van der Waals surface area contributed by atoms with Crippen LogP contribution in [-0.4, -0.2) is 11.8 Å². The number of ether oxygens (including phenoxy) is 1. The summed E-state index contributed by atoms with van der Waals surface area (Å²) in [7, 11) is 0. The number of esters is 1. The zero-order valence-corrected chi connectivity index (χ0v) is 8.95. The Labute approximate surface area is 89.1 Å². The topological polar surface area (TPSA) is 43.4 Å². The maximum absolute atomic E-state index is 11.2. The van der Waals surface area contributed by atoms with E-state index >= 15 is 0 Å². The van der Waals surface area contributed by atoms with Gasteiger partial charge in [0.25, 0.3) is 0 Å². The lowest BCUT2D eigenvalue weighted by molar-refractivity contribution is -0.135. The van der Waals surface area contributed by atoms with Crippen molar-refractivity contribution in [2.24, 2.45) is 0 Å². The van der Waals surface area contributed by atoms with Crippen molar-refractivity contribution < 1.29 is 14.3 Å². The van der Waals surface area contributed by atoms with E-state index in [1.807, 2.05) is 19.1 Å². The Morgan fingerprint density at radius 1 is 1.13 bits per heavy atom. The van der Waals surface area contributed by atoms with Crippen LogP contribution in [0.15, 0.2) is 24.3 Å². The summed E-state index contributed by atoms with van der Waals surface area (Å²) in [4.78, 5) is 21.9. The maximum Gasteiger partial charge on any atom is 0.311 e. The zero-order chi connectivity index (χ0) is 11.3. The third-order valence-corrected chi connectivity index (χ3v) is 1.93. The summed E-state index contributed by atoms with van der Waals surface area (Å²) in [5, 5.41) is 0. The highest BCUT2D eigenvalue weighted by atomic mass is 16.5. The molecule has 0 heterocycles. The number of benzene rings is 1. The van der Waals surface area contributed by atoms with Gasteiger partial charge in [-0.2, -0.15) is 0 Å². The van der Waals surface area contributed by atoms with Crippen molar-refractivity contribution in [3.05, 3.63) is 29.8 Å². The van der Waals surface area contributed by atoms with E-state index in [2.05, 4.69) is 0 Å². The molecular weight excluding hydrogens is 192 g/mol. The van der Waals surface area contributed by atoms with Gasteiger partial charge in [0.15, 0.2) is 0 Å². The molecule has 0 aliphatic heterocycles. The van der Waals surface area contributed by atoms with Crippen molar-refractivity contribution in [2.45, 2.75) is 26.7 Å². The van der Waals surface area contributed by atoms with Gasteiger partial charge in [-0.05, 0) is 26.0 Å². The predicted octanol–water partition coefficient (Wildman–Crippen LogP) is 2.27. The van der Waals surface area contributed by atoms with Gasteiger partial charge < -0.3 is 9.53 Å². The highest BCUT2D eigenvalue weighted by Gasteiger charge is 2.05. The van der Waals surface area contributed by atoms with Crippen LogP contribution in [0.3, 0.4) is 0 Å². The lowest BCUT2D eigenvalue weighted by atomic mass is 10.2. The molecule has 3 nitrogen and oxygen atoms in total. The van der Waals surface area contributed by atoms with Crippen LogP contribution in [0, 0.1) is 6.92 Å². The molecule has 0 fully saturated rings. The standard InChI is InChI=1S/C12H14O3/c1-9-3-6-11(7-4-9)15-12(14)8-5-10(2)13/h3-4,6-7H,5,8H2,1-2H3. The fourth-order valence-corrected chi connectivity index (χ4v) is 1.07. The summed E-state index contributed by atoms with van der Waals surface area (Å²) in [6.07, 6.45) is 0.383. The smallest absolute Gasteiger partial charge is 0.311 e. The van der Waals surface area contributed by atoms with Crippen LogP contribution >= 0.6 is 0 Å². The van der Waals surface area contributed by atoms with Crippen LogP contribution in [0.2, 0.25) is 0 Å². The largest absolute Gasteiger partial charge is 0.427 e. The molecule has 0 saturated carbocycles. The molecule has 0 amide bonds. The van der Waals surface area contributed by atoms with E-state index < -0.39 is 0 Å². The summed E-state index contributed by atoms with van der Waals surface area (Å²) in [5.41, 5.74) is 1.11. The van der Waals surface area contributed by atoms with E-state index in [0.717, 1.165) is 5.56 Å². The first-order valence-electron chi connectivity index (χ1n) is 4.84. The first-order valence-corrected chi connectivity index (χ1v) is 4.84. The van der Waals surface area contributed by atoms with Gasteiger partial charge in [0.1, 0.15) is 11.5 Å². The molecule has 0 radical (unpaired) electrons. The average molecular weight is 206 g/mol. The number of aryl methyl sites for hydroxylation is 1. The minimum atomic E-state index is -0.367. The normalized spacial score (nSPS) is 9.73. The van der Waals surface area contributed by atoms with Gasteiger partial charge >= 0.3 is 5.97 Å². The first kappa shape index (κ1) is 11.4. The summed E-state index contributed by atoms with van der Waals surface area (Å²) < 4.78 is 5.03.